The minimum Gasteiger partial charge on any atom is -0.371 e. The zero-order chi connectivity index (χ0) is 12.3. The first-order valence-corrected chi connectivity index (χ1v) is 6.11. The summed E-state index contributed by atoms with van der Waals surface area (Å²) in [7, 11) is 0. The van der Waals surface area contributed by atoms with Crippen molar-refractivity contribution in [3.63, 3.8) is 0 Å². The van der Waals surface area contributed by atoms with Crippen LogP contribution < -0.4 is 5.32 Å². The van der Waals surface area contributed by atoms with Crippen molar-refractivity contribution in [2.75, 3.05) is 0 Å². The van der Waals surface area contributed by atoms with Crippen LogP contribution in [0.4, 0.5) is 0 Å². The summed E-state index contributed by atoms with van der Waals surface area (Å²) >= 11 is 0. The van der Waals surface area contributed by atoms with Crippen LogP contribution in [0.25, 0.3) is 0 Å². The Morgan fingerprint density at radius 3 is 2.71 bits per heavy atom. The largest absolute Gasteiger partial charge is 0.371 e. The van der Waals surface area contributed by atoms with E-state index >= 15 is 0 Å². The van der Waals surface area contributed by atoms with E-state index in [-0.39, 0.29) is 18.1 Å². The molecule has 1 heterocycles. The highest BCUT2D eigenvalue weighted by molar-refractivity contribution is 5.79. The molecule has 2 atom stereocenters. The third kappa shape index (κ3) is 3.07. The van der Waals surface area contributed by atoms with E-state index in [1.54, 1.807) is 0 Å². The van der Waals surface area contributed by atoms with E-state index in [1.807, 2.05) is 30.3 Å². The van der Waals surface area contributed by atoms with Gasteiger partial charge in [-0.15, -0.1) is 0 Å². The molecule has 1 fully saturated rings. The first-order valence-electron chi connectivity index (χ1n) is 6.11. The summed E-state index contributed by atoms with van der Waals surface area (Å²) in [6.07, 6.45) is 0.484. The molecule has 1 amide bonds. The standard InChI is InChI=1S/C14H19NO2/c1-10(2)14-12(8-13(16)15-14)17-9-11-6-4-3-5-7-11/h3-7,10,12,14H,8-9H2,1-2H3,(H,15,16)/t12-,14+/m0/s1. The van der Waals surface area contributed by atoms with Crippen molar-refractivity contribution in [3.8, 4) is 0 Å². The van der Waals surface area contributed by atoms with Crippen molar-refractivity contribution in [2.45, 2.75) is 39.0 Å². The number of rotatable bonds is 4. The number of nitrogens with one attached hydrogen (secondary N) is 1. The second-order valence-electron chi connectivity index (χ2n) is 4.88. The lowest BCUT2D eigenvalue weighted by Gasteiger charge is -2.22. The number of hydrogen-bond acceptors (Lipinski definition) is 2. The third-order valence-corrected chi connectivity index (χ3v) is 3.14. The van der Waals surface area contributed by atoms with E-state index in [4.69, 9.17) is 4.74 Å². The predicted octanol–water partition coefficient (Wildman–Crippen LogP) is 2.12. The molecule has 1 aromatic rings. The molecule has 0 aromatic heterocycles. The number of amides is 1. The summed E-state index contributed by atoms with van der Waals surface area (Å²) in [5.74, 6) is 0.504. The lowest BCUT2D eigenvalue weighted by atomic mass is 10.0. The molecule has 0 aliphatic carbocycles. The van der Waals surface area contributed by atoms with E-state index < -0.39 is 0 Å². The molecule has 1 N–H and O–H groups in total. The number of ether oxygens (including phenoxy) is 1. The Labute approximate surface area is 102 Å². The summed E-state index contributed by atoms with van der Waals surface area (Å²) in [5.41, 5.74) is 1.15. The van der Waals surface area contributed by atoms with E-state index in [9.17, 15) is 4.79 Å². The van der Waals surface area contributed by atoms with Crippen LogP contribution in [0.15, 0.2) is 30.3 Å². The normalized spacial score (nSPS) is 24.1. The van der Waals surface area contributed by atoms with E-state index in [2.05, 4.69) is 19.2 Å². The maximum Gasteiger partial charge on any atom is 0.223 e. The lowest BCUT2D eigenvalue weighted by molar-refractivity contribution is -0.120. The predicted molar refractivity (Wildman–Crippen MR) is 66.4 cm³/mol. The average molecular weight is 233 g/mol. The zero-order valence-corrected chi connectivity index (χ0v) is 10.3. The number of carbonyl (C=O) groups is 1. The Morgan fingerprint density at radius 1 is 1.35 bits per heavy atom. The van der Waals surface area contributed by atoms with Crippen molar-refractivity contribution >= 4 is 5.91 Å². The fourth-order valence-corrected chi connectivity index (χ4v) is 2.18. The first kappa shape index (κ1) is 12.1. The zero-order valence-electron chi connectivity index (χ0n) is 10.3. The molecule has 0 spiro atoms. The van der Waals surface area contributed by atoms with Crippen molar-refractivity contribution in [3.05, 3.63) is 35.9 Å². The Kier molecular flexibility index (Phi) is 3.79. The number of carbonyl (C=O) groups excluding carboxylic acids is 1. The van der Waals surface area contributed by atoms with Gasteiger partial charge in [-0.1, -0.05) is 44.2 Å². The maximum absolute atomic E-state index is 11.4. The van der Waals surface area contributed by atoms with Crippen LogP contribution in [0.5, 0.6) is 0 Å². The van der Waals surface area contributed by atoms with Crippen molar-refractivity contribution in [1.29, 1.82) is 0 Å². The van der Waals surface area contributed by atoms with Crippen molar-refractivity contribution < 1.29 is 9.53 Å². The Bertz CT molecular complexity index is 375. The van der Waals surface area contributed by atoms with Crippen LogP contribution in [0.1, 0.15) is 25.8 Å². The summed E-state index contributed by atoms with van der Waals surface area (Å²) in [5, 5.41) is 2.98. The molecular formula is C14H19NO2. The topological polar surface area (TPSA) is 38.3 Å². The molecule has 1 aromatic carbocycles. The second kappa shape index (κ2) is 5.32. The maximum atomic E-state index is 11.4. The number of benzene rings is 1. The van der Waals surface area contributed by atoms with Gasteiger partial charge >= 0.3 is 0 Å². The Balaban J connectivity index is 1.92. The lowest BCUT2D eigenvalue weighted by Crippen LogP contribution is -2.37. The van der Waals surface area contributed by atoms with Gasteiger partial charge in [0, 0.05) is 0 Å². The number of hydrogen-bond donors (Lipinski definition) is 1. The van der Waals surface area contributed by atoms with E-state index in [0.29, 0.717) is 18.9 Å². The van der Waals surface area contributed by atoms with Crippen molar-refractivity contribution in [1.82, 2.24) is 5.32 Å². The fraction of sp³-hybridized carbons (Fsp3) is 0.500. The molecule has 1 saturated heterocycles. The van der Waals surface area contributed by atoms with Gasteiger partial charge in [0.25, 0.3) is 0 Å². The van der Waals surface area contributed by atoms with Gasteiger partial charge < -0.3 is 10.1 Å². The molecule has 17 heavy (non-hydrogen) atoms. The highest BCUT2D eigenvalue weighted by atomic mass is 16.5. The second-order valence-corrected chi connectivity index (χ2v) is 4.88. The average Bonchev–Trinajstić information content (AvgIpc) is 2.69. The first-order chi connectivity index (χ1) is 8.16. The highest BCUT2D eigenvalue weighted by Crippen LogP contribution is 2.20. The smallest absolute Gasteiger partial charge is 0.223 e. The van der Waals surface area contributed by atoms with Gasteiger partial charge in [0.05, 0.1) is 25.2 Å². The van der Waals surface area contributed by atoms with Crippen LogP contribution in [-0.2, 0) is 16.1 Å². The molecule has 0 bridgehead atoms. The molecular weight excluding hydrogens is 214 g/mol. The minimum absolute atomic E-state index is 0.00251. The van der Waals surface area contributed by atoms with Gasteiger partial charge in [0.1, 0.15) is 0 Å². The van der Waals surface area contributed by atoms with Gasteiger partial charge in [-0.3, -0.25) is 4.79 Å². The SMILES string of the molecule is CC(C)[C@H]1NC(=O)C[C@@H]1OCc1ccccc1. The molecule has 92 valence electrons. The molecule has 0 saturated carbocycles. The summed E-state index contributed by atoms with van der Waals surface area (Å²) in [6.45, 7) is 4.79. The third-order valence-electron chi connectivity index (χ3n) is 3.14. The van der Waals surface area contributed by atoms with Gasteiger partial charge in [0.2, 0.25) is 5.91 Å². The van der Waals surface area contributed by atoms with Gasteiger partial charge in [0.15, 0.2) is 0 Å². The molecule has 3 nitrogen and oxygen atoms in total. The molecule has 1 aliphatic rings. The van der Waals surface area contributed by atoms with Crippen LogP contribution in [0.2, 0.25) is 0 Å². The molecule has 1 aliphatic heterocycles. The monoisotopic (exact) mass is 233 g/mol. The van der Waals surface area contributed by atoms with Crippen molar-refractivity contribution in [2.24, 2.45) is 5.92 Å². The Morgan fingerprint density at radius 2 is 2.06 bits per heavy atom. The summed E-state index contributed by atoms with van der Waals surface area (Å²) in [6, 6.07) is 10.2. The molecule has 2 rings (SSSR count). The Hall–Kier alpha value is -1.35. The summed E-state index contributed by atoms with van der Waals surface area (Å²) in [4.78, 5) is 11.4. The molecule has 0 radical (unpaired) electrons. The van der Waals surface area contributed by atoms with E-state index in [0.717, 1.165) is 5.56 Å². The van der Waals surface area contributed by atoms with Crippen LogP contribution >= 0.6 is 0 Å². The highest BCUT2D eigenvalue weighted by Gasteiger charge is 2.34. The van der Waals surface area contributed by atoms with E-state index in [1.165, 1.54) is 0 Å². The fourth-order valence-electron chi connectivity index (χ4n) is 2.18. The van der Waals surface area contributed by atoms with Gasteiger partial charge in [-0.25, -0.2) is 0 Å². The molecule has 0 unspecified atom stereocenters. The summed E-state index contributed by atoms with van der Waals surface area (Å²) < 4.78 is 5.85. The quantitative estimate of drug-likeness (QED) is 0.865. The van der Waals surface area contributed by atoms with Gasteiger partial charge in [-0.05, 0) is 11.5 Å². The van der Waals surface area contributed by atoms with Crippen LogP contribution in [0.3, 0.4) is 0 Å². The minimum atomic E-state index is 0.00251. The molecule has 3 heteroatoms. The van der Waals surface area contributed by atoms with Crippen LogP contribution in [0, 0.1) is 5.92 Å². The van der Waals surface area contributed by atoms with Gasteiger partial charge in [-0.2, -0.15) is 0 Å². The van der Waals surface area contributed by atoms with Crippen LogP contribution in [-0.4, -0.2) is 18.1 Å².